The van der Waals surface area contributed by atoms with Gasteiger partial charge in [0.05, 0.1) is 0 Å². The van der Waals surface area contributed by atoms with E-state index in [1.807, 2.05) is 55.5 Å². The van der Waals surface area contributed by atoms with Crippen molar-refractivity contribution >= 4 is 38.1 Å². The summed E-state index contributed by atoms with van der Waals surface area (Å²) in [6.07, 6.45) is 0.786. The van der Waals surface area contributed by atoms with Crippen LogP contribution in [0.5, 0.6) is 5.75 Å². The molecular weight excluding hydrogens is 454 g/mol. The van der Waals surface area contributed by atoms with Gasteiger partial charge in [-0.05, 0) is 29.8 Å². The molecule has 2 heterocycles. The van der Waals surface area contributed by atoms with Crippen molar-refractivity contribution < 1.29 is 9.53 Å². The van der Waals surface area contributed by atoms with Crippen LogP contribution in [-0.4, -0.2) is 32.3 Å². The van der Waals surface area contributed by atoms with Gasteiger partial charge in [-0.3, -0.25) is 4.79 Å². The molecule has 2 aromatic heterocycles. The fourth-order valence-electron chi connectivity index (χ4n) is 2.69. The Balaban J connectivity index is 1.32. The summed E-state index contributed by atoms with van der Waals surface area (Å²) in [6.45, 7) is 2.45. The van der Waals surface area contributed by atoms with E-state index >= 15 is 0 Å². The molecule has 4 rings (SSSR count). The molecule has 4 aromatic rings. The molecule has 2 aromatic carbocycles. The third-order valence-corrected chi connectivity index (χ3v) is 5.72. The normalized spacial score (nSPS) is 11.0. The number of carbonyl (C=O) groups excluding carboxylic acids is 1. The Hall–Kier alpha value is -2.78. The molecule has 0 aliphatic rings. The monoisotopic (exact) mass is 471 g/mol. The first kappa shape index (κ1) is 19.5. The fourth-order valence-corrected chi connectivity index (χ4v) is 3.82. The van der Waals surface area contributed by atoms with Crippen LogP contribution in [0.3, 0.4) is 0 Å². The Morgan fingerprint density at radius 3 is 2.62 bits per heavy atom. The topological polar surface area (TPSA) is 81.4 Å². The lowest BCUT2D eigenvalue weighted by Gasteiger charge is -2.08. The summed E-state index contributed by atoms with van der Waals surface area (Å²) in [5, 5.41) is 16.6. The number of nitrogens with zero attached hydrogens (tertiary/aromatic N) is 4. The summed E-state index contributed by atoms with van der Waals surface area (Å²) < 4.78 is 8.23. The van der Waals surface area contributed by atoms with Gasteiger partial charge in [0.1, 0.15) is 10.8 Å². The van der Waals surface area contributed by atoms with E-state index < -0.39 is 0 Å². The zero-order valence-corrected chi connectivity index (χ0v) is 18.0. The number of aryl methyl sites for hydroxylation is 1. The van der Waals surface area contributed by atoms with Crippen molar-refractivity contribution in [3.05, 3.63) is 64.4 Å². The third kappa shape index (κ3) is 4.63. The largest absolute Gasteiger partial charge is 0.484 e. The summed E-state index contributed by atoms with van der Waals surface area (Å²) in [7, 11) is 0. The van der Waals surface area contributed by atoms with Crippen LogP contribution >= 0.6 is 27.3 Å². The van der Waals surface area contributed by atoms with Gasteiger partial charge in [0.15, 0.2) is 12.4 Å². The van der Waals surface area contributed by atoms with E-state index in [9.17, 15) is 4.79 Å². The maximum atomic E-state index is 12.0. The third-order valence-electron chi connectivity index (χ3n) is 4.25. The molecule has 0 bridgehead atoms. The predicted octanol–water partition coefficient (Wildman–Crippen LogP) is 3.87. The summed E-state index contributed by atoms with van der Waals surface area (Å²) in [4.78, 5) is 12.8. The molecule has 9 heteroatoms. The van der Waals surface area contributed by atoms with Crippen LogP contribution < -0.4 is 10.1 Å². The minimum Gasteiger partial charge on any atom is -0.484 e. The molecule has 0 fully saturated rings. The number of hydrogen-bond donors (Lipinski definition) is 1. The van der Waals surface area contributed by atoms with E-state index in [0.29, 0.717) is 12.3 Å². The van der Waals surface area contributed by atoms with E-state index in [-0.39, 0.29) is 12.5 Å². The van der Waals surface area contributed by atoms with Gasteiger partial charge in [-0.25, -0.2) is 0 Å². The maximum absolute atomic E-state index is 12.0. The lowest BCUT2D eigenvalue weighted by atomic mass is 10.1. The van der Waals surface area contributed by atoms with Gasteiger partial charge in [0.2, 0.25) is 4.96 Å². The van der Waals surface area contributed by atoms with Crippen molar-refractivity contribution in [1.29, 1.82) is 0 Å². The average Bonchev–Trinajstić information content (AvgIpc) is 3.33. The zero-order chi connectivity index (χ0) is 20.2. The number of fused-ring (bicyclic) bond motifs is 1. The number of carbonyl (C=O) groups is 1. The van der Waals surface area contributed by atoms with Crippen LogP contribution in [0, 0.1) is 0 Å². The molecule has 0 spiro atoms. The number of aromatic nitrogens is 4. The summed E-state index contributed by atoms with van der Waals surface area (Å²) >= 11 is 4.87. The molecule has 0 unspecified atom stereocenters. The van der Waals surface area contributed by atoms with Crippen molar-refractivity contribution in [2.75, 3.05) is 6.61 Å². The first-order valence-electron chi connectivity index (χ1n) is 9.08. The van der Waals surface area contributed by atoms with Crippen molar-refractivity contribution in [2.24, 2.45) is 0 Å². The van der Waals surface area contributed by atoms with Crippen LogP contribution in [-0.2, 0) is 17.8 Å². The quantitative estimate of drug-likeness (QED) is 0.442. The Bertz CT molecular complexity index is 1120. The Kier molecular flexibility index (Phi) is 5.86. The smallest absolute Gasteiger partial charge is 0.258 e. The number of benzene rings is 2. The van der Waals surface area contributed by atoms with Gasteiger partial charge in [-0.1, -0.05) is 58.5 Å². The van der Waals surface area contributed by atoms with Crippen molar-refractivity contribution in [3.63, 3.8) is 0 Å². The van der Waals surface area contributed by atoms with E-state index in [1.165, 1.54) is 11.3 Å². The van der Waals surface area contributed by atoms with Gasteiger partial charge >= 0.3 is 0 Å². The van der Waals surface area contributed by atoms with Gasteiger partial charge < -0.3 is 10.1 Å². The molecule has 0 atom stereocenters. The number of amides is 1. The van der Waals surface area contributed by atoms with E-state index in [0.717, 1.165) is 37.8 Å². The van der Waals surface area contributed by atoms with Gasteiger partial charge in [-0.2, -0.15) is 9.61 Å². The average molecular weight is 472 g/mol. The Morgan fingerprint density at radius 1 is 1.14 bits per heavy atom. The van der Waals surface area contributed by atoms with E-state index in [4.69, 9.17) is 4.74 Å². The zero-order valence-electron chi connectivity index (χ0n) is 15.6. The Morgan fingerprint density at radius 2 is 1.90 bits per heavy atom. The standard InChI is InChI=1S/C20H18BrN5O2S/c1-2-17-23-24-20-26(17)25-19(29-20)14-5-3-13(4-6-14)11-22-18(27)12-28-16-9-7-15(21)8-10-16/h3-10H,2,11-12H2,1H3,(H,22,27). The summed E-state index contributed by atoms with van der Waals surface area (Å²) in [6, 6.07) is 15.3. The molecule has 148 valence electrons. The molecule has 1 amide bonds. The highest BCUT2D eigenvalue weighted by Gasteiger charge is 2.12. The second kappa shape index (κ2) is 8.71. The Labute approximate surface area is 179 Å². The minimum atomic E-state index is -0.169. The van der Waals surface area contributed by atoms with E-state index in [1.54, 1.807) is 4.52 Å². The van der Waals surface area contributed by atoms with Gasteiger partial charge in [0.25, 0.3) is 5.91 Å². The van der Waals surface area contributed by atoms with Crippen LogP contribution in [0.1, 0.15) is 18.3 Å². The lowest BCUT2D eigenvalue weighted by molar-refractivity contribution is -0.123. The second-order valence-corrected chi connectivity index (χ2v) is 8.16. The van der Waals surface area contributed by atoms with Crippen molar-refractivity contribution in [3.8, 4) is 16.3 Å². The fraction of sp³-hybridized carbons (Fsp3) is 0.200. The molecule has 1 N–H and O–H groups in total. The second-order valence-electron chi connectivity index (χ2n) is 6.29. The number of nitrogens with one attached hydrogen (secondary N) is 1. The highest BCUT2D eigenvalue weighted by Crippen LogP contribution is 2.25. The molecule has 0 saturated carbocycles. The van der Waals surface area contributed by atoms with Crippen LogP contribution in [0.4, 0.5) is 0 Å². The summed E-state index contributed by atoms with van der Waals surface area (Å²) in [5.41, 5.74) is 2.01. The van der Waals surface area contributed by atoms with Crippen LogP contribution in [0.15, 0.2) is 53.0 Å². The van der Waals surface area contributed by atoms with E-state index in [2.05, 4.69) is 36.5 Å². The molecule has 7 nitrogen and oxygen atoms in total. The van der Waals surface area contributed by atoms with Crippen LogP contribution in [0.25, 0.3) is 15.5 Å². The maximum Gasteiger partial charge on any atom is 0.258 e. The minimum absolute atomic E-state index is 0.0214. The van der Waals surface area contributed by atoms with Crippen LogP contribution in [0.2, 0.25) is 0 Å². The van der Waals surface area contributed by atoms with Gasteiger partial charge in [0, 0.05) is 23.0 Å². The lowest BCUT2D eigenvalue weighted by Crippen LogP contribution is -2.28. The number of ether oxygens (including phenoxy) is 1. The number of hydrogen-bond acceptors (Lipinski definition) is 6. The van der Waals surface area contributed by atoms with Gasteiger partial charge in [-0.15, -0.1) is 10.2 Å². The highest BCUT2D eigenvalue weighted by molar-refractivity contribution is 9.10. The van der Waals surface area contributed by atoms with Crippen molar-refractivity contribution in [1.82, 2.24) is 25.1 Å². The molecular formula is C20H18BrN5O2S. The highest BCUT2D eigenvalue weighted by atomic mass is 79.9. The summed E-state index contributed by atoms with van der Waals surface area (Å²) in [5.74, 6) is 1.34. The first-order valence-corrected chi connectivity index (χ1v) is 10.7. The molecule has 29 heavy (non-hydrogen) atoms. The number of rotatable bonds is 7. The molecule has 0 aliphatic carbocycles. The molecule has 0 aliphatic heterocycles. The van der Waals surface area contributed by atoms with Crippen molar-refractivity contribution in [2.45, 2.75) is 19.9 Å². The molecule has 0 radical (unpaired) electrons. The SMILES string of the molecule is CCc1nnc2sc(-c3ccc(CNC(=O)COc4ccc(Br)cc4)cc3)nn12. The molecule has 0 saturated heterocycles. The number of halogens is 1. The predicted molar refractivity (Wildman–Crippen MR) is 115 cm³/mol. The first-order chi connectivity index (χ1) is 14.1.